The predicted octanol–water partition coefficient (Wildman–Crippen LogP) is 2.90. The van der Waals surface area contributed by atoms with Crippen molar-refractivity contribution in [2.24, 2.45) is 0 Å². The number of benzene rings is 1. The molecule has 1 aromatic rings. The van der Waals surface area contributed by atoms with E-state index in [4.69, 9.17) is 9.47 Å². The Kier molecular flexibility index (Phi) is 3.75. The lowest BCUT2D eigenvalue weighted by atomic mass is 10.0. The largest absolute Gasteiger partial charge is 0.490 e. The fourth-order valence-electron chi connectivity index (χ4n) is 2.62. The molecule has 1 atom stereocenters. The maximum atomic E-state index is 5.76. The van der Waals surface area contributed by atoms with Crippen LogP contribution in [0.1, 0.15) is 24.8 Å². The van der Waals surface area contributed by atoms with Crippen LogP contribution >= 0.6 is 15.9 Å². The minimum absolute atomic E-state index is 0.613. The van der Waals surface area contributed by atoms with Gasteiger partial charge in [-0.3, -0.25) is 0 Å². The van der Waals surface area contributed by atoms with Crippen LogP contribution in [0.5, 0.6) is 11.5 Å². The molecule has 1 saturated heterocycles. The summed E-state index contributed by atoms with van der Waals surface area (Å²) in [5, 5.41) is 3.53. The van der Waals surface area contributed by atoms with Crippen LogP contribution < -0.4 is 14.8 Å². The summed E-state index contributed by atoms with van der Waals surface area (Å²) in [7, 11) is 0. The predicted molar refractivity (Wildman–Crippen MR) is 74.5 cm³/mol. The molecule has 3 rings (SSSR count). The molecule has 0 aliphatic carbocycles. The average molecular weight is 312 g/mol. The van der Waals surface area contributed by atoms with Gasteiger partial charge in [0.1, 0.15) is 0 Å². The first-order valence-electron chi connectivity index (χ1n) is 6.64. The smallest absolute Gasteiger partial charge is 0.175 e. The molecule has 2 aliphatic rings. The number of rotatable bonds is 2. The summed E-state index contributed by atoms with van der Waals surface area (Å²) in [6, 6.07) is 4.90. The Morgan fingerprint density at radius 2 is 2.11 bits per heavy atom. The molecule has 1 aromatic carbocycles. The first-order chi connectivity index (χ1) is 8.83. The fraction of sp³-hybridized carbons (Fsp3) is 0.571. The molecule has 0 aromatic heterocycles. The van der Waals surface area contributed by atoms with Gasteiger partial charge in [-0.1, -0.05) is 0 Å². The quantitative estimate of drug-likeness (QED) is 0.911. The van der Waals surface area contributed by atoms with Crippen LogP contribution in [0.4, 0.5) is 0 Å². The molecule has 3 nitrogen and oxygen atoms in total. The van der Waals surface area contributed by atoms with E-state index in [1.54, 1.807) is 0 Å². The van der Waals surface area contributed by atoms with Crippen molar-refractivity contribution < 1.29 is 9.47 Å². The molecule has 2 aliphatic heterocycles. The third kappa shape index (κ3) is 2.64. The number of hydrogen-bond acceptors (Lipinski definition) is 3. The third-order valence-electron chi connectivity index (χ3n) is 3.51. The number of nitrogens with one attached hydrogen (secondary N) is 1. The van der Waals surface area contributed by atoms with Gasteiger partial charge >= 0.3 is 0 Å². The van der Waals surface area contributed by atoms with E-state index in [1.165, 1.54) is 18.4 Å². The summed E-state index contributed by atoms with van der Waals surface area (Å²) in [6.07, 6.45) is 4.57. The molecule has 0 bridgehead atoms. The molecule has 4 heteroatoms. The van der Waals surface area contributed by atoms with Gasteiger partial charge < -0.3 is 14.8 Å². The average Bonchev–Trinajstić information content (AvgIpc) is 2.73. The van der Waals surface area contributed by atoms with Gasteiger partial charge in [-0.25, -0.2) is 0 Å². The molecule has 98 valence electrons. The second kappa shape index (κ2) is 5.49. The van der Waals surface area contributed by atoms with E-state index < -0.39 is 0 Å². The van der Waals surface area contributed by atoms with Crippen molar-refractivity contribution in [3.05, 3.63) is 22.2 Å². The molecule has 1 unspecified atom stereocenters. The summed E-state index contributed by atoms with van der Waals surface area (Å²) in [6.45, 7) is 2.62. The van der Waals surface area contributed by atoms with Crippen molar-refractivity contribution in [1.82, 2.24) is 5.32 Å². The van der Waals surface area contributed by atoms with Gasteiger partial charge in [0.2, 0.25) is 0 Å². The van der Waals surface area contributed by atoms with E-state index in [-0.39, 0.29) is 0 Å². The molecular formula is C14H18BrNO2. The van der Waals surface area contributed by atoms with Crippen LogP contribution in [-0.2, 0) is 6.42 Å². The van der Waals surface area contributed by atoms with Crippen LogP contribution in [0.15, 0.2) is 16.6 Å². The summed E-state index contributed by atoms with van der Waals surface area (Å²) >= 11 is 3.59. The molecule has 0 saturated carbocycles. The topological polar surface area (TPSA) is 30.5 Å². The van der Waals surface area contributed by atoms with E-state index in [0.717, 1.165) is 48.6 Å². The number of halogens is 1. The van der Waals surface area contributed by atoms with Crippen molar-refractivity contribution in [3.63, 3.8) is 0 Å². The maximum absolute atomic E-state index is 5.76. The number of fused-ring (bicyclic) bond motifs is 1. The Balaban J connectivity index is 1.82. The Bertz CT molecular complexity index is 430. The van der Waals surface area contributed by atoms with E-state index in [0.29, 0.717) is 6.04 Å². The van der Waals surface area contributed by atoms with Gasteiger partial charge in [0.25, 0.3) is 0 Å². The van der Waals surface area contributed by atoms with Gasteiger partial charge in [0.05, 0.1) is 17.7 Å². The second-order valence-electron chi connectivity index (χ2n) is 4.95. The van der Waals surface area contributed by atoms with Crippen LogP contribution in [-0.4, -0.2) is 25.8 Å². The minimum atomic E-state index is 0.613. The molecule has 1 N–H and O–H groups in total. The molecule has 0 radical (unpaired) electrons. The highest BCUT2D eigenvalue weighted by atomic mass is 79.9. The summed E-state index contributed by atoms with van der Waals surface area (Å²) in [4.78, 5) is 0. The minimum Gasteiger partial charge on any atom is -0.490 e. The van der Waals surface area contributed by atoms with Crippen LogP contribution in [0.3, 0.4) is 0 Å². The van der Waals surface area contributed by atoms with Gasteiger partial charge in [-0.15, -0.1) is 0 Å². The lowest BCUT2D eigenvalue weighted by Crippen LogP contribution is -2.23. The number of hydrogen-bond donors (Lipinski definition) is 1. The third-order valence-corrected chi connectivity index (χ3v) is 4.10. The SMILES string of the molecule is Brc1cc(CC2CCCN2)cc2c1OCCCO2. The van der Waals surface area contributed by atoms with Gasteiger partial charge in [-0.05, 0) is 59.4 Å². The molecule has 18 heavy (non-hydrogen) atoms. The zero-order chi connectivity index (χ0) is 12.4. The van der Waals surface area contributed by atoms with Gasteiger partial charge in [0.15, 0.2) is 11.5 Å². The first-order valence-corrected chi connectivity index (χ1v) is 7.43. The maximum Gasteiger partial charge on any atom is 0.175 e. The normalized spacial score (nSPS) is 22.8. The Morgan fingerprint density at radius 3 is 2.94 bits per heavy atom. The lowest BCUT2D eigenvalue weighted by molar-refractivity contribution is 0.296. The van der Waals surface area contributed by atoms with Gasteiger partial charge in [0, 0.05) is 12.5 Å². The highest BCUT2D eigenvalue weighted by molar-refractivity contribution is 9.10. The van der Waals surface area contributed by atoms with Crippen molar-refractivity contribution in [2.75, 3.05) is 19.8 Å². The second-order valence-corrected chi connectivity index (χ2v) is 5.81. The first kappa shape index (κ1) is 12.3. The fourth-order valence-corrected chi connectivity index (χ4v) is 3.22. The van der Waals surface area contributed by atoms with Crippen LogP contribution in [0, 0.1) is 0 Å². The Morgan fingerprint density at radius 1 is 1.22 bits per heavy atom. The van der Waals surface area contributed by atoms with Gasteiger partial charge in [-0.2, -0.15) is 0 Å². The molecule has 2 heterocycles. The summed E-state index contributed by atoms with van der Waals surface area (Å²) in [5.41, 5.74) is 1.31. The zero-order valence-corrected chi connectivity index (χ0v) is 12.0. The van der Waals surface area contributed by atoms with E-state index in [2.05, 4.69) is 33.4 Å². The zero-order valence-electron chi connectivity index (χ0n) is 10.4. The van der Waals surface area contributed by atoms with E-state index in [9.17, 15) is 0 Å². The van der Waals surface area contributed by atoms with Crippen LogP contribution in [0.25, 0.3) is 0 Å². The van der Waals surface area contributed by atoms with Crippen molar-refractivity contribution in [2.45, 2.75) is 31.7 Å². The van der Waals surface area contributed by atoms with Crippen molar-refractivity contribution >= 4 is 15.9 Å². The molecular weight excluding hydrogens is 294 g/mol. The van der Waals surface area contributed by atoms with E-state index >= 15 is 0 Å². The monoisotopic (exact) mass is 311 g/mol. The van der Waals surface area contributed by atoms with Crippen molar-refractivity contribution in [3.8, 4) is 11.5 Å². The highest BCUT2D eigenvalue weighted by Crippen LogP contribution is 2.38. The Hall–Kier alpha value is -0.740. The summed E-state index contributed by atoms with van der Waals surface area (Å²) in [5.74, 6) is 1.74. The summed E-state index contributed by atoms with van der Waals surface area (Å²) < 4.78 is 12.5. The highest BCUT2D eigenvalue weighted by Gasteiger charge is 2.19. The molecule has 0 spiro atoms. The number of ether oxygens (including phenoxy) is 2. The molecule has 1 fully saturated rings. The standard InChI is InChI=1S/C14H18BrNO2/c15-12-8-10(7-11-3-1-4-16-11)9-13-14(12)18-6-2-5-17-13/h8-9,11,16H,1-7H2. The van der Waals surface area contributed by atoms with Crippen LogP contribution in [0.2, 0.25) is 0 Å². The van der Waals surface area contributed by atoms with E-state index in [1.807, 2.05) is 0 Å². The van der Waals surface area contributed by atoms with Crippen molar-refractivity contribution in [1.29, 1.82) is 0 Å². The lowest BCUT2D eigenvalue weighted by Gasteiger charge is -2.14. The Labute approximate surface area is 116 Å². The molecule has 0 amide bonds.